The molecule has 1 amide bonds. The molecule has 0 fully saturated rings. The van der Waals surface area contributed by atoms with Crippen molar-refractivity contribution in [3.8, 4) is 0 Å². The summed E-state index contributed by atoms with van der Waals surface area (Å²) in [7, 11) is 0. The van der Waals surface area contributed by atoms with E-state index in [0.717, 1.165) is 0 Å². The van der Waals surface area contributed by atoms with E-state index >= 15 is 0 Å². The molecule has 1 aliphatic heterocycles. The van der Waals surface area contributed by atoms with Crippen LogP contribution in [0.3, 0.4) is 0 Å². The van der Waals surface area contributed by atoms with Crippen LogP contribution in [0.2, 0.25) is 0 Å². The Labute approximate surface area is 82.6 Å². The van der Waals surface area contributed by atoms with Gasteiger partial charge in [-0.3, -0.25) is 4.79 Å². The maximum atomic E-state index is 11.3. The highest BCUT2D eigenvalue weighted by Crippen LogP contribution is 2.26. The Morgan fingerprint density at radius 3 is 2.64 bits per heavy atom. The van der Waals surface area contributed by atoms with E-state index < -0.39 is 11.6 Å². The molecule has 14 heavy (non-hydrogen) atoms. The lowest BCUT2D eigenvalue weighted by atomic mass is 9.96. The van der Waals surface area contributed by atoms with E-state index in [4.69, 9.17) is 4.74 Å². The second kappa shape index (κ2) is 3.29. The van der Waals surface area contributed by atoms with Crippen molar-refractivity contribution < 1.29 is 14.3 Å². The normalized spacial score (nSPS) is 19.8. The van der Waals surface area contributed by atoms with Crippen LogP contribution in [0.25, 0.3) is 0 Å². The van der Waals surface area contributed by atoms with Crippen molar-refractivity contribution in [2.45, 2.75) is 26.4 Å². The average Bonchev–Trinajstić information content (AvgIpc) is 1.98. The van der Waals surface area contributed by atoms with Crippen LogP contribution >= 0.6 is 0 Å². The van der Waals surface area contributed by atoms with Gasteiger partial charge in [0.2, 0.25) is 5.91 Å². The first-order valence-corrected chi connectivity index (χ1v) is 4.25. The van der Waals surface area contributed by atoms with Gasteiger partial charge >= 0.3 is 5.97 Å². The van der Waals surface area contributed by atoms with Crippen molar-refractivity contribution >= 4 is 11.9 Å². The summed E-state index contributed by atoms with van der Waals surface area (Å²) in [4.78, 5) is 22.1. The minimum absolute atomic E-state index is 0.141. The molecular weight excluding hydrogens is 182 g/mol. The fraction of sp³-hybridized carbons (Fsp3) is 0.400. The summed E-state index contributed by atoms with van der Waals surface area (Å²) >= 11 is 0. The number of amides is 1. The lowest BCUT2D eigenvalue weighted by Gasteiger charge is -2.30. The summed E-state index contributed by atoms with van der Waals surface area (Å²) in [5.41, 5.74) is 0.0988. The van der Waals surface area contributed by atoms with Crippen molar-refractivity contribution in [2.24, 2.45) is 0 Å². The molecule has 4 heteroatoms. The van der Waals surface area contributed by atoms with Crippen molar-refractivity contribution in [3.05, 3.63) is 23.9 Å². The second-order valence-corrected chi connectivity index (χ2v) is 3.66. The molecule has 4 nitrogen and oxygen atoms in total. The number of nitrogens with one attached hydrogen (secondary N) is 1. The minimum atomic E-state index is -0.695. The molecular formula is C10H13NO3. The fourth-order valence-corrected chi connectivity index (χ4v) is 1.04. The number of esters is 1. The lowest BCUT2D eigenvalue weighted by Crippen LogP contribution is -2.38. The first-order valence-electron chi connectivity index (χ1n) is 4.25. The van der Waals surface area contributed by atoms with Gasteiger partial charge in [0.05, 0.1) is 0 Å². The topological polar surface area (TPSA) is 55.4 Å². The van der Waals surface area contributed by atoms with Crippen LogP contribution < -0.4 is 5.32 Å². The first kappa shape index (κ1) is 10.5. The van der Waals surface area contributed by atoms with Gasteiger partial charge in [0.1, 0.15) is 11.3 Å². The van der Waals surface area contributed by atoms with Gasteiger partial charge in [-0.1, -0.05) is 6.58 Å². The molecule has 0 saturated heterocycles. The number of hydrogen-bond acceptors (Lipinski definition) is 3. The molecule has 0 aliphatic carbocycles. The van der Waals surface area contributed by atoms with Crippen molar-refractivity contribution in [1.82, 2.24) is 5.32 Å². The molecule has 0 spiro atoms. The monoisotopic (exact) mass is 195 g/mol. The van der Waals surface area contributed by atoms with Crippen LogP contribution in [0.15, 0.2) is 23.9 Å². The van der Waals surface area contributed by atoms with Crippen LogP contribution in [0.1, 0.15) is 20.8 Å². The van der Waals surface area contributed by atoms with Gasteiger partial charge in [-0.15, -0.1) is 0 Å². The van der Waals surface area contributed by atoms with Gasteiger partial charge in [0.25, 0.3) is 0 Å². The number of carbonyl (C=O) groups excluding carboxylic acids is 2. The number of ether oxygens (including phenoxy) is 1. The fourth-order valence-electron chi connectivity index (χ4n) is 1.04. The maximum Gasteiger partial charge on any atom is 0.355 e. The summed E-state index contributed by atoms with van der Waals surface area (Å²) in [6.07, 6.45) is 1.53. The third-order valence-corrected chi connectivity index (χ3v) is 1.97. The van der Waals surface area contributed by atoms with E-state index in [9.17, 15) is 9.59 Å². The summed E-state index contributed by atoms with van der Waals surface area (Å²) < 4.78 is 5.08. The molecule has 0 radical (unpaired) electrons. The van der Waals surface area contributed by atoms with Crippen LogP contribution in [0.5, 0.6) is 0 Å². The highest BCUT2D eigenvalue weighted by atomic mass is 16.6. The Morgan fingerprint density at radius 2 is 2.14 bits per heavy atom. The zero-order valence-electron chi connectivity index (χ0n) is 8.51. The Bertz CT molecular complexity index is 339. The average molecular weight is 195 g/mol. The zero-order valence-corrected chi connectivity index (χ0v) is 8.51. The van der Waals surface area contributed by atoms with E-state index in [-0.39, 0.29) is 11.6 Å². The predicted octanol–water partition coefficient (Wildman–Crippen LogP) is 0.898. The number of rotatable bonds is 1. The molecule has 76 valence electrons. The summed E-state index contributed by atoms with van der Waals surface area (Å²) in [5.74, 6) is -0.835. The second-order valence-electron chi connectivity index (χ2n) is 3.66. The quantitative estimate of drug-likeness (QED) is 0.632. The molecule has 0 saturated carbocycles. The molecule has 1 heterocycles. The van der Waals surface area contributed by atoms with Crippen molar-refractivity contribution in [1.29, 1.82) is 0 Å². The molecule has 0 aromatic heterocycles. The van der Waals surface area contributed by atoms with Crippen molar-refractivity contribution in [2.75, 3.05) is 0 Å². The molecule has 1 aliphatic rings. The van der Waals surface area contributed by atoms with Gasteiger partial charge < -0.3 is 10.1 Å². The molecule has 0 bridgehead atoms. The number of hydrogen-bond donors (Lipinski definition) is 1. The molecule has 0 aromatic rings. The van der Waals surface area contributed by atoms with Crippen LogP contribution in [-0.4, -0.2) is 17.5 Å². The van der Waals surface area contributed by atoms with Crippen LogP contribution in [0, 0.1) is 0 Å². The Balaban J connectivity index is 2.94. The van der Waals surface area contributed by atoms with Crippen LogP contribution in [0.4, 0.5) is 0 Å². The Morgan fingerprint density at radius 1 is 1.57 bits per heavy atom. The Hall–Kier alpha value is -1.58. The summed E-state index contributed by atoms with van der Waals surface area (Å²) in [5, 5.41) is 2.39. The van der Waals surface area contributed by atoms with E-state index in [1.165, 1.54) is 13.0 Å². The van der Waals surface area contributed by atoms with Gasteiger partial charge in [-0.25, -0.2) is 4.79 Å². The van der Waals surface area contributed by atoms with Gasteiger partial charge in [0.15, 0.2) is 0 Å². The molecule has 0 aromatic carbocycles. The van der Waals surface area contributed by atoms with E-state index in [1.54, 1.807) is 13.8 Å². The number of carbonyl (C=O) groups is 2. The molecule has 1 N–H and O–H groups in total. The van der Waals surface area contributed by atoms with E-state index in [2.05, 4.69) is 11.9 Å². The summed E-state index contributed by atoms with van der Waals surface area (Å²) in [6, 6.07) is 0. The standard InChI is InChI=1S/C10H13NO3/c1-6-5-8(11-7(2)12)9(13)14-10(6,3)4/h5H,1H2,2-4H3,(H,11,12). The SMILES string of the molecule is C=C1C=C(NC(C)=O)C(=O)OC1(C)C. The molecule has 0 unspecified atom stereocenters. The van der Waals surface area contributed by atoms with Gasteiger partial charge in [-0.2, -0.15) is 0 Å². The number of cyclic esters (lactones) is 1. The molecule has 1 rings (SSSR count). The third-order valence-electron chi connectivity index (χ3n) is 1.97. The predicted molar refractivity (Wildman–Crippen MR) is 51.2 cm³/mol. The lowest BCUT2D eigenvalue weighted by molar-refractivity contribution is -0.150. The van der Waals surface area contributed by atoms with E-state index in [1.807, 2.05) is 0 Å². The summed E-state index contributed by atoms with van der Waals surface area (Å²) in [6.45, 7) is 8.57. The smallest absolute Gasteiger partial charge is 0.355 e. The van der Waals surface area contributed by atoms with Gasteiger partial charge in [-0.05, 0) is 25.5 Å². The maximum absolute atomic E-state index is 11.3. The molecule has 0 atom stereocenters. The third kappa shape index (κ3) is 2.02. The minimum Gasteiger partial charge on any atom is -0.450 e. The first-order chi connectivity index (χ1) is 6.33. The highest BCUT2D eigenvalue weighted by Gasteiger charge is 2.32. The van der Waals surface area contributed by atoms with E-state index in [0.29, 0.717) is 5.57 Å². The van der Waals surface area contributed by atoms with Crippen LogP contribution in [-0.2, 0) is 14.3 Å². The Kier molecular flexibility index (Phi) is 2.47. The largest absolute Gasteiger partial charge is 0.450 e. The highest BCUT2D eigenvalue weighted by molar-refractivity contribution is 5.95. The zero-order chi connectivity index (χ0) is 10.9. The van der Waals surface area contributed by atoms with Gasteiger partial charge in [0, 0.05) is 6.92 Å². The van der Waals surface area contributed by atoms with Crippen molar-refractivity contribution in [3.63, 3.8) is 0 Å².